The predicted octanol–water partition coefficient (Wildman–Crippen LogP) is 1.66. The van der Waals surface area contributed by atoms with Crippen molar-refractivity contribution in [3.05, 3.63) is 0 Å². The lowest BCUT2D eigenvalue weighted by Gasteiger charge is -2.07. The van der Waals surface area contributed by atoms with Crippen molar-refractivity contribution >= 4 is 11.4 Å². The fourth-order valence-corrected chi connectivity index (χ4v) is 1.90. The van der Waals surface area contributed by atoms with Crippen LogP contribution in [-0.2, 0) is 0 Å². The molecular weight excluding hydrogens is 224 g/mol. The largest absolute Gasteiger partial charge is 0.316 e. The SMILES string of the molecule is CC1=NCCCN=C(C)CCNCCCNCC1. The Kier molecular flexibility index (Phi) is 8.69. The molecule has 0 saturated heterocycles. The monoisotopic (exact) mass is 252 g/mol. The second kappa shape index (κ2) is 10.2. The van der Waals surface area contributed by atoms with Gasteiger partial charge >= 0.3 is 0 Å². The molecule has 1 rings (SSSR count). The maximum absolute atomic E-state index is 4.57. The quantitative estimate of drug-likeness (QED) is 0.689. The van der Waals surface area contributed by atoms with E-state index in [0.29, 0.717) is 0 Å². The Hall–Kier alpha value is -0.740. The molecule has 0 aromatic heterocycles. The van der Waals surface area contributed by atoms with Crippen molar-refractivity contribution in [3.8, 4) is 0 Å². The lowest BCUT2D eigenvalue weighted by atomic mass is 10.2. The standard InChI is InChI=1S/C14H28N4/c1-13-5-11-15-7-3-8-16-12-6-14(2)18-10-4-9-17-13/h15-16H,3-12H2,1-2H3. The van der Waals surface area contributed by atoms with Gasteiger partial charge < -0.3 is 10.6 Å². The molecule has 0 amide bonds. The number of nitrogens with zero attached hydrogens (tertiary/aromatic N) is 2. The molecule has 18 heavy (non-hydrogen) atoms. The summed E-state index contributed by atoms with van der Waals surface area (Å²) in [6.45, 7) is 10.4. The topological polar surface area (TPSA) is 48.8 Å². The summed E-state index contributed by atoms with van der Waals surface area (Å²) in [5.74, 6) is 0. The number of aliphatic imine (C=N–C) groups is 2. The van der Waals surface area contributed by atoms with Gasteiger partial charge in [-0.25, -0.2) is 0 Å². The minimum absolute atomic E-state index is 0.918. The fourth-order valence-electron chi connectivity index (χ4n) is 1.90. The molecule has 0 aliphatic carbocycles. The van der Waals surface area contributed by atoms with E-state index in [0.717, 1.165) is 58.5 Å². The smallest absolute Gasteiger partial charge is 0.0406 e. The lowest BCUT2D eigenvalue weighted by Crippen LogP contribution is -2.25. The Bertz CT molecular complexity index is 245. The van der Waals surface area contributed by atoms with Crippen LogP contribution in [0.4, 0.5) is 0 Å². The van der Waals surface area contributed by atoms with Crippen LogP contribution in [0, 0.1) is 0 Å². The second-order valence-electron chi connectivity index (χ2n) is 4.94. The Morgan fingerprint density at radius 1 is 0.722 bits per heavy atom. The van der Waals surface area contributed by atoms with E-state index in [2.05, 4.69) is 34.5 Å². The average Bonchev–Trinajstić information content (AvgIpc) is 2.35. The number of rotatable bonds is 0. The van der Waals surface area contributed by atoms with Crippen LogP contribution in [0.1, 0.15) is 39.5 Å². The van der Waals surface area contributed by atoms with Crippen LogP contribution in [0.5, 0.6) is 0 Å². The molecule has 104 valence electrons. The molecule has 0 spiro atoms. The van der Waals surface area contributed by atoms with E-state index in [1.165, 1.54) is 17.8 Å². The molecule has 4 nitrogen and oxygen atoms in total. The van der Waals surface area contributed by atoms with Gasteiger partial charge in [0.05, 0.1) is 0 Å². The van der Waals surface area contributed by atoms with Crippen molar-refractivity contribution in [2.45, 2.75) is 39.5 Å². The highest BCUT2D eigenvalue weighted by Gasteiger charge is 1.96. The van der Waals surface area contributed by atoms with Crippen molar-refractivity contribution in [1.82, 2.24) is 10.6 Å². The van der Waals surface area contributed by atoms with Crippen LogP contribution in [0.15, 0.2) is 9.98 Å². The molecule has 0 aromatic carbocycles. The maximum atomic E-state index is 4.57. The minimum atomic E-state index is 0.918. The molecule has 0 radical (unpaired) electrons. The molecule has 1 aliphatic rings. The van der Waals surface area contributed by atoms with Crippen LogP contribution >= 0.6 is 0 Å². The molecule has 2 N–H and O–H groups in total. The summed E-state index contributed by atoms with van der Waals surface area (Å²) in [6.07, 6.45) is 4.38. The zero-order chi connectivity index (χ0) is 13.1. The highest BCUT2D eigenvalue weighted by atomic mass is 14.9. The summed E-state index contributed by atoms with van der Waals surface area (Å²) < 4.78 is 0. The third-order valence-electron chi connectivity index (χ3n) is 3.11. The number of nitrogens with one attached hydrogen (secondary N) is 2. The first kappa shape index (κ1) is 15.3. The molecule has 0 atom stereocenters. The van der Waals surface area contributed by atoms with Gasteiger partial charge in [-0.2, -0.15) is 0 Å². The molecule has 0 unspecified atom stereocenters. The first-order valence-electron chi connectivity index (χ1n) is 7.20. The first-order valence-corrected chi connectivity index (χ1v) is 7.20. The second-order valence-corrected chi connectivity index (χ2v) is 4.94. The summed E-state index contributed by atoms with van der Waals surface area (Å²) in [5.41, 5.74) is 2.52. The Morgan fingerprint density at radius 3 is 1.72 bits per heavy atom. The van der Waals surface area contributed by atoms with Gasteiger partial charge in [0.25, 0.3) is 0 Å². The zero-order valence-corrected chi connectivity index (χ0v) is 12.0. The van der Waals surface area contributed by atoms with Gasteiger partial charge in [0.15, 0.2) is 0 Å². The van der Waals surface area contributed by atoms with Crippen LogP contribution in [0.25, 0.3) is 0 Å². The van der Waals surface area contributed by atoms with E-state index >= 15 is 0 Å². The summed E-state index contributed by atoms with van der Waals surface area (Å²) in [7, 11) is 0. The summed E-state index contributed by atoms with van der Waals surface area (Å²) >= 11 is 0. The van der Waals surface area contributed by atoms with Crippen LogP contribution in [0.3, 0.4) is 0 Å². The summed E-state index contributed by atoms with van der Waals surface area (Å²) in [4.78, 5) is 9.15. The number of hydrogen-bond donors (Lipinski definition) is 2. The molecule has 1 heterocycles. The van der Waals surface area contributed by atoms with Gasteiger partial charge in [-0.05, 0) is 52.6 Å². The Balaban J connectivity index is 2.33. The van der Waals surface area contributed by atoms with Gasteiger partial charge in [-0.1, -0.05) is 0 Å². The van der Waals surface area contributed by atoms with E-state index in [1.807, 2.05) is 0 Å². The van der Waals surface area contributed by atoms with Gasteiger partial charge in [0, 0.05) is 37.6 Å². The van der Waals surface area contributed by atoms with Gasteiger partial charge in [-0.3, -0.25) is 9.98 Å². The van der Waals surface area contributed by atoms with Crippen molar-refractivity contribution in [2.24, 2.45) is 9.98 Å². The molecule has 0 bridgehead atoms. The minimum Gasteiger partial charge on any atom is -0.316 e. The van der Waals surface area contributed by atoms with Crippen LogP contribution in [-0.4, -0.2) is 50.7 Å². The third-order valence-corrected chi connectivity index (χ3v) is 3.11. The summed E-state index contributed by atoms with van der Waals surface area (Å²) in [5, 5.41) is 6.92. The lowest BCUT2D eigenvalue weighted by molar-refractivity contribution is 0.605. The highest BCUT2D eigenvalue weighted by Crippen LogP contribution is 1.92. The van der Waals surface area contributed by atoms with Crippen LogP contribution in [0.2, 0.25) is 0 Å². The maximum Gasteiger partial charge on any atom is 0.0406 e. The molecular formula is C14H28N4. The van der Waals surface area contributed by atoms with Gasteiger partial charge in [0.1, 0.15) is 0 Å². The van der Waals surface area contributed by atoms with Crippen molar-refractivity contribution < 1.29 is 0 Å². The highest BCUT2D eigenvalue weighted by molar-refractivity contribution is 5.82. The van der Waals surface area contributed by atoms with Gasteiger partial charge in [-0.15, -0.1) is 0 Å². The Labute approximate surface area is 111 Å². The van der Waals surface area contributed by atoms with Crippen LogP contribution < -0.4 is 10.6 Å². The van der Waals surface area contributed by atoms with Crippen molar-refractivity contribution in [1.29, 1.82) is 0 Å². The number of hydrogen-bond acceptors (Lipinski definition) is 4. The van der Waals surface area contributed by atoms with E-state index in [-0.39, 0.29) is 0 Å². The van der Waals surface area contributed by atoms with Crippen molar-refractivity contribution in [2.75, 3.05) is 39.3 Å². The first-order chi connectivity index (χ1) is 8.79. The molecule has 4 heteroatoms. The fraction of sp³-hybridized carbons (Fsp3) is 0.857. The van der Waals surface area contributed by atoms with E-state index < -0.39 is 0 Å². The zero-order valence-electron chi connectivity index (χ0n) is 12.0. The van der Waals surface area contributed by atoms with Gasteiger partial charge in [0.2, 0.25) is 0 Å². The normalized spacial score (nSPS) is 22.1. The third kappa shape index (κ3) is 8.37. The van der Waals surface area contributed by atoms with Crippen molar-refractivity contribution in [3.63, 3.8) is 0 Å². The average molecular weight is 252 g/mol. The summed E-state index contributed by atoms with van der Waals surface area (Å²) in [6, 6.07) is 0. The molecule has 1 aliphatic heterocycles. The van der Waals surface area contributed by atoms with E-state index in [4.69, 9.17) is 0 Å². The molecule has 0 fully saturated rings. The van der Waals surface area contributed by atoms with E-state index in [9.17, 15) is 0 Å². The predicted molar refractivity (Wildman–Crippen MR) is 80.2 cm³/mol. The molecule has 0 saturated carbocycles. The molecule has 0 aromatic rings. The Morgan fingerprint density at radius 2 is 1.22 bits per heavy atom. The van der Waals surface area contributed by atoms with E-state index in [1.54, 1.807) is 0 Å².